The molecule has 1 unspecified atom stereocenters. The molecular formula is C24H29NO5S. The third-order valence-corrected chi connectivity index (χ3v) is 7.00. The number of rotatable bonds is 11. The number of fused-ring (bicyclic) bond motifs is 1. The highest BCUT2D eigenvalue weighted by atomic mass is 32.2. The number of hydrogen-bond donors (Lipinski definition) is 2. The van der Waals surface area contributed by atoms with E-state index in [4.69, 9.17) is 5.11 Å². The van der Waals surface area contributed by atoms with Gasteiger partial charge in [-0.1, -0.05) is 68.1 Å². The lowest BCUT2D eigenvalue weighted by Gasteiger charge is -2.28. The van der Waals surface area contributed by atoms with E-state index in [1.165, 1.54) is 11.8 Å². The summed E-state index contributed by atoms with van der Waals surface area (Å²) < 4.78 is 0. The van der Waals surface area contributed by atoms with Gasteiger partial charge in [-0.25, -0.2) is 4.79 Å². The Bertz CT molecular complexity index is 926. The minimum atomic E-state index is -0.956. The molecule has 2 atom stereocenters. The average Bonchev–Trinajstić information content (AvgIpc) is 3.20. The standard InChI is InChI=1S/C24H29NO5S/c26-21(14-5-3-1-2-4-6-15-22(27)28)25-20(24(29)30)16-31-23(25)19-13-9-11-17-10-7-8-12-18(17)19/h7-13,20,23H,1-6,14-16H2,(H,27,28)(H,29,30)/t20-,23?/m0/s1. The van der Waals surface area contributed by atoms with Gasteiger partial charge in [-0.15, -0.1) is 11.8 Å². The van der Waals surface area contributed by atoms with Crippen LogP contribution in [0.3, 0.4) is 0 Å². The molecule has 1 aliphatic heterocycles. The quantitative estimate of drug-likeness (QED) is 0.471. The number of amides is 1. The van der Waals surface area contributed by atoms with Crippen molar-refractivity contribution in [1.29, 1.82) is 0 Å². The van der Waals surface area contributed by atoms with Gasteiger partial charge in [0.05, 0.1) is 0 Å². The van der Waals surface area contributed by atoms with Gasteiger partial charge in [0.2, 0.25) is 5.91 Å². The molecule has 0 bridgehead atoms. The number of carbonyl (C=O) groups excluding carboxylic acids is 1. The van der Waals surface area contributed by atoms with Crippen molar-refractivity contribution in [3.05, 3.63) is 48.0 Å². The van der Waals surface area contributed by atoms with E-state index in [2.05, 4.69) is 0 Å². The SMILES string of the molecule is O=C(O)CCCCCCCCC(=O)N1C(c2cccc3ccccc23)SC[C@H]1C(=O)O. The van der Waals surface area contributed by atoms with Crippen LogP contribution in [-0.2, 0) is 14.4 Å². The van der Waals surface area contributed by atoms with Crippen molar-refractivity contribution < 1.29 is 24.6 Å². The van der Waals surface area contributed by atoms with Crippen molar-refractivity contribution in [3.8, 4) is 0 Å². The Hall–Kier alpha value is -2.54. The lowest BCUT2D eigenvalue weighted by molar-refractivity contribution is -0.149. The summed E-state index contributed by atoms with van der Waals surface area (Å²) in [6.45, 7) is 0. The highest BCUT2D eigenvalue weighted by Gasteiger charge is 2.42. The van der Waals surface area contributed by atoms with E-state index >= 15 is 0 Å². The van der Waals surface area contributed by atoms with Gasteiger partial charge in [-0.2, -0.15) is 0 Å². The second-order valence-electron chi connectivity index (χ2n) is 7.92. The lowest BCUT2D eigenvalue weighted by Crippen LogP contribution is -2.42. The Labute approximate surface area is 186 Å². The Morgan fingerprint density at radius 1 is 0.871 bits per heavy atom. The van der Waals surface area contributed by atoms with E-state index in [9.17, 15) is 19.5 Å². The lowest BCUT2D eigenvalue weighted by atomic mass is 10.0. The Balaban J connectivity index is 1.61. The third kappa shape index (κ3) is 6.00. The van der Waals surface area contributed by atoms with Crippen molar-refractivity contribution in [2.75, 3.05) is 5.75 Å². The van der Waals surface area contributed by atoms with Crippen molar-refractivity contribution in [2.45, 2.75) is 62.8 Å². The van der Waals surface area contributed by atoms with Gasteiger partial charge >= 0.3 is 11.9 Å². The molecule has 6 nitrogen and oxygen atoms in total. The summed E-state index contributed by atoms with van der Waals surface area (Å²) in [6, 6.07) is 13.1. The topological polar surface area (TPSA) is 94.9 Å². The van der Waals surface area contributed by atoms with Crippen LogP contribution < -0.4 is 0 Å². The molecule has 1 heterocycles. The van der Waals surface area contributed by atoms with E-state index in [0.717, 1.165) is 42.0 Å². The molecular weight excluding hydrogens is 414 g/mol. The summed E-state index contributed by atoms with van der Waals surface area (Å²) in [5.74, 6) is -1.44. The van der Waals surface area contributed by atoms with E-state index < -0.39 is 18.0 Å². The molecule has 166 valence electrons. The zero-order valence-electron chi connectivity index (χ0n) is 17.5. The second-order valence-corrected chi connectivity index (χ2v) is 9.04. The highest BCUT2D eigenvalue weighted by molar-refractivity contribution is 7.99. The summed E-state index contributed by atoms with van der Waals surface area (Å²) >= 11 is 1.51. The van der Waals surface area contributed by atoms with Crippen molar-refractivity contribution in [2.24, 2.45) is 0 Å². The Morgan fingerprint density at radius 2 is 1.52 bits per heavy atom. The fourth-order valence-corrected chi connectivity index (χ4v) is 5.57. The molecule has 0 aliphatic carbocycles. The number of aliphatic carboxylic acids is 2. The molecule has 0 aromatic heterocycles. The summed E-state index contributed by atoms with van der Waals surface area (Å²) in [5.41, 5.74) is 0.985. The van der Waals surface area contributed by atoms with Crippen LogP contribution in [0.15, 0.2) is 42.5 Å². The van der Waals surface area contributed by atoms with Crippen LogP contribution in [0.5, 0.6) is 0 Å². The molecule has 2 aromatic rings. The van der Waals surface area contributed by atoms with Gasteiger partial charge in [-0.05, 0) is 29.2 Å². The van der Waals surface area contributed by atoms with Gasteiger partial charge in [-0.3, -0.25) is 9.59 Å². The largest absolute Gasteiger partial charge is 0.481 e. The highest BCUT2D eigenvalue weighted by Crippen LogP contribution is 2.44. The fraction of sp³-hybridized carbons (Fsp3) is 0.458. The maximum atomic E-state index is 13.1. The molecule has 0 radical (unpaired) electrons. The summed E-state index contributed by atoms with van der Waals surface area (Å²) in [4.78, 5) is 37.0. The van der Waals surface area contributed by atoms with Crippen LogP contribution in [0.2, 0.25) is 0 Å². The molecule has 1 saturated heterocycles. The van der Waals surface area contributed by atoms with Gasteiger partial charge in [0, 0.05) is 18.6 Å². The number of unbranched alkanes of at least 4 members (excludes halogenated alkanes) is 5. The maximum Gasteiger partial charge on any atom is 0.327 e. The fourth-order valence-electron chi connectivity index (χ4n) is 4.10. The number of carboxylic acid groups (broad SMARTS) is 2. The normalized spacial score (nSPS) is 18.4. The first kappa shape index (κ1) is 23.1. The first-order valence-electron chi connectivity index (χ1n) is 10.8. The predicted molar refractivity (Wildman–Crippen MR) is 122 cm³/mol. The van der Waals surface area contributed by atoms with Crippen molar-refractivity contribution in [1.82, 2.24) is 4.90 Å². The second kappa shape index (κ2) is 11.2. The molecule has 3 rings (SSSR count). The maximum absolute atomic E-state index is 13.1. The molecule has 2 N–H and O–H groups in total. The van der Waals surface area contributed by atoms with Crippen LogP contribution in [0, 0.1) is 0 Å². The minimum absolute atomic E-state index is 0.110. The van der Waals surface area contributed by atoms with Gasteiger partial charge in [0.25, 0.3) is 0 Å². The molecule has 0 saturated carbocycles. The first-order valence-corrected chi connectivity index (χ1v) is 11.9. The van der Waals surface area contributed by atoms with Gasteiger partial charge in [0.15, 0.2) is 0 Å². The Kier molecular flexibility index (Phi) is 8.35. The zero-order chi connectivity index (χ0) is 22.2. The van der Waals surface area contributed by atoms with Crippen LogP contribution in [-0.4, -0.2) is 44.8 Å². The number of nitrogens with zero attached hydrogens (tertiary/aromatic N) is 1. The smallest absolute Gasteiger partial charge is 0.327 e. The van der Waals surface area contributed by atoms with E-state index in [0.29, 0.717) is 25.0 Å². The zero-order valence-corrected chi connectivity index (χ0v) is 18.4. The third-order valence-electron chi connectivity index (χ3n) is 5.69. The van der Waals surface area contributed by atoms with Crippen molar-refractivity contribution in [3.63, 3.8) is 0 Å². The van der Waals surface area contributed by atoms with E-state index in [-0.39, 0.29) is 17.7 Å². The Morgan fingerprint density at radius 3 is 2.23 bits per heavy atom. The van der Waals surface area contributed by atoms with E-state index in [1.807, 2.05) is 42.5 Å². The van der Waals surface area contributed by atoms with Crippen molar-refractivity contribution >= 4 is 40.4 Å². The minimum Gasteiger partial charge on any atom is -0.481 e. The van der Waals surface area contributed by atoms with Gasteiger partial charge in [0.1, 0.15) is 11.4 Å². The number of benzene rings is 2. The number of carbonyl (C=O) groups is 3. The van der Waals surface area contributed by atoms with Crippen LogP contribution in [0.4, 0.5) is 0 Å². The molecule has 2 aromatic carbocycles. The molecule has 1 aliphatic rings. The monoisotopic (exact) mass is 443 g/mol. The molecule has 1 fully saturated rings. The number of hydrogen-bond acceptors (Lipinski definition) is 4. The predicted octanol–water partition coefficient (Wildman–Crippen LogP) is 5.07. The van der Waals surface area contributed by atoms with Gasteiger partial charge < -0.3 is 15.1 Å². The van der Waals surface area contributed by atoms with Crippen LogP contribution in [0.25, 0.3) is 10.8 Å². The molecule has 0 spiro atoms. The summed E-state index contributed by atoms with van der Waals surface area (Å²) in [6.07, 6.45) is 5.62. The molecule has 7 heteroatoms. The molecule has 31 heavy (non-hydrogen) atoms. The number of carboxylic acids is 2. The first-order chi connectivity index (χ1) is 15.0. The number of thioether (sulfide) groups is 1. The van der Waals surface area contributed by atoms with Crippen LogP contribution >= 0.6 is 11.8 Å². The average molecular weight is 444 g/mol. The van der Waals surface area contributed by atoms with E-state index in [1.54, 1.807) is 4.90 Å². The summed E-state index contributed by atoms with van der Waals surface area (Å²) in [7, 11) is 0. The summed E-state index contributed by atoms with van der Waals surface area (Å²) in [5, 5.41) is 20.2. The van der Waals surface area contributed by atoms with Crippen LogP contribution in [0.1, 0.15) is 62.3 Å². The molecule has 1 amide bonds.